The van der Waals surface area contributed by atoms with E-state index in [1.54, 1.807) is 0 Å². The lowest BCUT2D eigenvalue weighted by Gasteiger charge is -2.32. The first-order chi connectivity index (χ1) is 15.0. The molecule has 2 fully saturated rings. The van der Waals surface area contributed by atoms with Gasteiger partial charge in [0.25, 0.3) is 5.91 Å². The summed E-state index contributed by atoms with van der Waals surface area (Å²) in [5.41, 5.74) is 4.22. The molecule has 0 aliphatic carbocycles. The fourth-order valence-corrected chi connectivity index (χ4v) is 4.47. The van der Waals surface area contributed by atoms with Crippen molar-refractivity contribution >= 4 is 17.7 Å². The van der Waals surface area contributed by atoms with E-state index in [1.165, 1.54) is 22.4 Å². The highest BCUT2D eigenvalue weighted by atomic mass is 16.2. The minimum absolute atomic E-state index is 0.0665. The van der Waals surface area contributed by atoms with Crippen LogP contribution in [-0.4, -0.2) is 40.6 Å². The van der Waals surface area contributed by atoms with E-state index in [0.717, 1.165) is 37.9 Å². The number of hydrogen-bond acceptors (Lipinski definition) is 3. The van der Waals surface area contributed by atoms with Gasteiger partial charge in [0.15, 0.2) is 0 Å². The van der Waals surface area contributed by atoms with Crippen molar-refractivity contribution in [1.29, 1.82) is 0 Å². The van der Waals surface area contributed by atoms with Crippen molar-refractivity contribution < 1.29 is 14.4 Å². The van der Waals surface area contributed by atoms with Gasteiger partial charge in [0, 0.05) is 31.5 Å². The van der Waals surface area contributed by atoms with Crippen LogP contribution in [0.4, 0.5) is 0 Å². The molecule has 5 heteroatoms. The fraction of sp³-hybridized carbons (Fsp3) is 0.423. The number of nitrogens with zero attached hydrogens (tertiary/aromatic N) is 2. The predicted molar refractivity (Wildman–Crippen MR) is 119 cm³/mol. The highest BCUT2D eigenvalue weighted by Gasteiger charge is 2.29. The van der Waals surface area contributed by atoms with Crippen molar-refractivity contribution in [3.05, 3.63) is 70.8 Å². The molecule has 2 aliphatic heterocycles. The molecule has 0 atom stereocenters. The van der Waals surface area contributed by atoms with E-state index >= 15 is 0 Å². The van der Waals surface area contributed by atoms with E-state index in [1.807, 2.05) is 29.2 Å². The van der Waals surface area contributed by atoms with Crippen molar-refractivity contribution in [3.63, 3.8) is 0 Å². The summed E-state index contributed by atoms with van der Waals surface area (Å²) in [7, 11) is 0. The van der Waals surface area contributed by atoms with Gasteiger partial charge in [0.05, 0.1) is 6.54 Å². The van der Waals surface area contributed by atoms with Crippen LogP contribution in [0.1, 0.15) is 59.2 Å². The number of aryl methyl sites for hydroxylation is 2. The molecule has 0 saturated carbocycles. The second kappa shape index (κ2) is 9.46. The third-order valence-corrected chi connectivity index (χ3v) is 6.56. The van der Waals surface area contributed by atoms with E-state index in [4.69, 9.17) is 0 Å². The van der Waals surface area contributed by atoms with Crippen LogP contribution in [0, 0.1) is 12.8 Å². The number of piperidine rings is 1. The second-order valence-corrected chi connectivity index (χ2v) is 8.83. The van der Waals surface area contributed by atoms with Gasteiger partial charge >= 0.3 is 0 Å². The first-order valence-electron chi connectivity index (χ1n) is 11.3. The van der Waals surface area contributed by atoms with E-state index in [2.05, 4.69) is 31.2 Å². The van der Waals surface area contributed by atoms with Crippen LogP contribution in [0.2, 0.25) is 0 Å². The Bertz CT molecular complexity index is 926. The molecule has 2 aliphatic rings. The maximum atomic E-state index is 12.9. The summed E-state index contributed by atoms with van der Waals surface area (Å²) in [4.78, 5) is 39.7. The summed E-state index contributed by atoms with van der Waals surface area (Å²) in [5.74, 6) is 0.505. The number of imide groups is 1. The smallest absolute Gasteiger partial charge is 0.253 e. The summed E-state index contributed by atoms with van der Waals surface area (Å²) in [6.45, 7) is 4.00. The van der Waals surface area contributed by atoms with Gasteiger partial charge in [0.1, 0.15) is 0 Å². The third-order valence-electron chi connectivity index (χ3n) is 6.56. The highest BCUT2D eigenvalue weighted by molar-refractivity contribution is 6.01. The predicted octanol–water partition coefficient (Wildman–Crippen LogP) is 4.13. The lowest BCUT2D eigenvalue weighted by atomic mass is 9.90. The number of carbonyl (C=O) groups excluding carboxylic acids is 3. The summed E-state index contributed by atoms with van der Waals surface area (Å²) < 4.78 is 0. The Morgan fingerprint density at radius 3 is 2.06 bits per heavy atom. The maximum Gasteiger partial charge on any atom is 0.253 e. The van der Waals surface area contributed by atoms with Crippen LogP contribution in [-0.2, 0) is 22.6 Å². The van der Waals surface area contributed by atoms with Crippen LogP contribution in [0.5, 0.6) is 0 Å². The standard InChI is InChI=1S/C26H30N2O3/c1-19-2-4-20(5-3-19)6-7-21-14-16-27(17-15-21)26(31)23-10-8-22(9-11-23)18-28-24(29)12-13-25(28)30/h2-5,8-11,21H,6-7,12-18H2,1H3. The van der Waals surface area contributed by atoms with E-state index in [-0.39, 0.29) is 17.7 Å². The molecule has 0 N–H and O–H groups in total. The van der Waals surface area contributed by atoms with Gasteiger partial charge in [-0.25, -0.2) is 0 Å². The molecule has 2 heterocycles. The molecule has 4 rings (SSSR count). The lowest BCUT2D eigenvalue weighted by molar-refractivity contribution is -0.139. The molecule has 2 aromatic rings. The minimum Gasteiger partial charge on any atom is -0.339 e. The Morgan fingerprint density at radius 1 is 0.871 bits per heavy atom. The molecule has 3 amide bonds. The summed E-state index contributed by atoms with van der Waals surface area (Å²) in [6.07, 6.45) is 4.98. The number of amides is 3. The first kappa shape index (κ1) is 21.3. The number of hydrogen-bond donors (Lipinski definition) is 0. The lowest BCUT2D eigenvalue weighted by Crippen LogP contribution is -2.38. The zero-order chi connectivity index (χ0) is 21.8. The SMILES string of the molecule is Cc1ccc(CCC2CCN(C(=O)c3ccc(CN4C(=O)CCC4=O)cc3)CC2)cc1. The quantitative estimate of drug-likeness (QED) is 0.663. The van der Waals surface area contributed by atoms with Gasteiger partial charge in [-0.1, -0.05) is 42.0 Å². The molecule has 0 aromatic heterocycles. The summed E-state index contributed by atoms with van der Waals surface area (Å²) >= 11 is 0. The molecule has 2 aromatic carbocycles. The molecule has 31 heavy (non-hydrogen) atoms. The normalized spacial score (nSPS) is 17.5. The van der Waals surface area contributed by atoms with Crippen LogP contribution < -0.4 is 0 Å². The van der Waals surface area contributed by atoms with Crippen LogP contribution >= 0.6 is 0 Å². The Hall–Kier alpha value is -2.95. The Labute approximate surface area is 184 Å². The number of benzene rings is 2. The van der Waals surface area contributed by atoms with Gasteiger partial charge in [-0.15, -0.1) is 0 Å². The van der Waals surface area contributed by atoms with Crippen molar-refractivity contribution in [2.45, 2.75) is 52.0 Å². The maximum absolute atomic E-state index is 12.9. The van der Waals surface area contributed by atoms with Crippen molar-refractivity contribution in [2.75, 3.05) is 13.1 Å². The molecular formula is C26H30N2O3. The minimum atomic E-state index is -0.115. The molecule has 162 valence electrons. The monoisotopic (exact) mass is 418 g/mol. The number of likely N-dealkylation sites (tertiary alicyclic amines) is 2. The van der Waals surface area contributed by atoms with Crippen LogP contribution in [0.15, 0.2) is 48.5 Å². The van der Waals surface area contributed by atoms with Crippen LogP contribution in [0.25, 0.3) is 0 Å². The second-order valence-electron chi connectivity index (χ2n) is 8.83. The molecule has 2 saturated heterocycles. The topological polar surface area (TPSA) is 57.7 Å². The summed E-state index contributed by atoms with van der Waals surface area (Å²) in [5, 5.41) is 0. The number of rotatable bonds is 6. The Kier molecular flexibility index (Phi) is 6.50. The molecule has 0 radical (unpaired) electrons. The zero-order valence-electron chi connectivity index (χ0n) is 18.2. The van der Waals surface area contributed by atoms with Crippen molar-refractivity contribution in [1.82, 2.24) is 9.80 Å². The van der Waals surface area contributed by atoms with E-state index in [9.17, 15) is 14.4 Å². The third kappa shape index (κ3) is 5.22. The first-order valence-corrected chi connectivity index (χ1v) is 11.3. The van der Waals surface area contributed by atoms with Gasteiger partial charge < -0.3 is 4.90 Å². The van der Waals surface area contributed by atoms with Gasteiger partial charge in [0.2, 0.25) is 11.8 Å². The van der Waals surface area contributed by atoms with Gasteiger partial charge in [-0.3, -0.25) is 19.3 Å². The molecular weight excluding hydrogens is 388 g/mol. The van der Waals surface area contributed by atoms with E-state index < -0.39 is 0 Å². The number of carbonyl (C=O) groups is 3. The molecule has 5 nitrogen and oxygen atoms in total. The largest absolute Gasteiger partial charge is 0.339 e. The van der Waals surface area contributed by atoms with Gasteiger partial charge in [-0.05, 0) is 61.8 Å². The zero-order valence-corrected chi connectivity index (χ0v) is 18.2. The summed E-state index contributed by atoms with van der Waals surface area (Å²) in [6, 6.07) is 16.1. The van der Waals surface area contributed by atoms with Crippen molar-refractivity contribution in [3.8, 4) is 0 Å². The average molecular weight is 419 g/mol. The van der Waals surface area contributed by atoms with Gasteiger partial charge in [-0.2, -0.15) is 0 Å². The van der Waals surface area contributed by atoms with E-state index in [0.29, 0.717) is 30.9 Å². The fourth-order valence-electron chi connectivity index (χ4n) is 4.47. The van der Waals surface area contributed by atoms with Crippen molar-refractivity contribution in [2.24, 2.45) is 5.92 Å². The Balaban J connectivity index is 1.26. The van der Waals surface area contributed by atoms with Crippen LogP contribution in [0.3, 0.4) is 0 Å². The molecule has 0 bridgehead atoms. The molecule has 0 spiro atoms. The highest BCUT2D eigenvalue weighted by Crippen LogP contribution is 2.24. The Morgan fingerprint density at radius 2 is 1.45 bits per heavy atom. The molecule has 0 unspecified atom stereocenters. The average Bonchev–Trinajstić information content (AvgIpc) is 3.11.